The lowest BCUT2D eigenvalue weighted by Gasteiger charge is -1.90. The molecule has 0 aliphatic heterocycles. The Kier molecular flexibility index (Phi) is 2.69. The van der Waals surface area contributed by atoms with Gasteiger partial charge in [0.05, 0.1) is 3.79 Å². The van der Waals surface area contributed by atoms with Crippen LogP contribution in [-0.4, -0.2) is 7.05 Å². The fourth-order valence-electron chi connectivity index (χ4n) is 0.643. The van der Waals surface area contributed by atoms with Gasteiger partial charge in [0.1, 0.15) is 0 Å². The second-order valence-corrected chi connectivity index (χ2v) is 4.08. The highest BCUT2D eigenvalue weighted by atomic mass is 79.9. The summed E-state index contributed by atoms with van der Waals surface area (Å²) in [7, 11) is 1.95. The highest BCUT2D eigenvalue weighted by Crippen LogP contribution is 2.20. The predicted octanol–water partition coefficient (Wildman–Crippen LogP) is 2.23. The van der Waals surface area contributed by atoms with E-state index in [9.17, 15) is 0 Å². The molecule has 0 saturated heterocycles. The maximum atomic E-state index is 3.39. The summed E-state index contributed by atoms with van der Waals surface area (Å²) in [5.41, 5.74) is 1.34. The predicted molar refractivity (Wildman–Crippen MR) is 44.8 cm³/mol. The summed E-state index contributed by atoms with van der Waals surface area (Å²) in [6.07, 6.45) is 0. The molecule has 1 aromatic heterocycles. The summed E-state index contributed by atoms with van der Waals surface area (Å²) in [6.45, 7) is 0.960. The van der Waals surface area contributed by atoms with E-state index in [0.717, 1.165) is 6.54 Å². The van der Waals surface area contributed by atoms with Gasteiger partial charge in [0.2, 0.25) is 0 Å². The highest BCUT2D eigenvalue weighted by molar-refractivity contribution is 9.11. The lowest BCUT2D eigenvalue weighted by molar-refractivity contribution is 0.821. The van der Waals surface area contributed by atoms with Crippen LogP contribution in [0.5, 0.6) is 0 Å². The SMILES string of the molecule is CNCc1csc(Br)c1. The Hall–Kier alpha value is 0.140. The lowest BCUT2D eigenvalue weighted by Crippen LogP contribution is -2.03. The van der Waals surface area contributed by atoms with E-state index >= 15 is 0 Å². The van der Waals surface area contributed by atoms with Gasteiger partial charge in [-0.1, -0.05) is 0 Å². The van der Waals surface area contributed by atoms with Crippen molar-refractivity contribution in [3.05, 3.63) is 20.8 Å². The summed E-state index contributed by atoms with van der Waals surface area (Å²) < 4.78 is 1.20. The van der Waals surface area contributed by atoms with Crippen LogP contribution in [0, 0.1) is 0 Å². The van der Waals surface area contributed by atoms with Crippen molar-refractivity contribution in [2.45, 2.75) is 6.54 Å². The fraction of sp³-hybridized carbons (Fsp3) is 0.333. The standard InChI is InChI=1S/C6H8BrNS/c1-8-3-5-2-6(7)9-4-5/h2,4,8H,3H2,1H3. The maximum Gasteiger partial charge on any atom is 0.0701 e. The summed E-state index contributed by atoms with van der Waals surface area (Å²) >= 11 is 5.11. The van der Waals surface area contributed by atoms with Gasteiger partial charge in [0.25, 0.3) is 0 Å². The molecule has 1 nitrogen and oxygen atoms in total. The first-order valence-electron chi connectivity index (χ1n) is 2.70. The summed E-state index contributed by atoms with van der Waals surface area (Å²) in [6, 6.07) is 2.13. The van der Waals surface area contributed by atoms with Crippen LogP contribution in [0.25, 0.3) is 0 Å². The number of halogens is 1. The van der Waals surface area contributed by atoms with Crippen molar-refractivity contribution < 1.29 is 0 Å². The largest absolute Gasteiger partial charge is 0.316 e. The maximum absolute atomic E-state index is 3.39. The van der Waals surface area contributed by atoms with Gasteiger partial charge in [-0.25, -0.2) is 0 Å². The second kappa shape index (κ2) is 3.34. The normalized spacial score (nSPS) is 10.0. The number of thiophene rings is 1. The van der Waals surface area contributed by atoms with E-state index in [-0.39, 0.29) is 0 Å². The van der Waals surface area contributed by atoms with E-state index in [1.165, 1.54) is 9.35 Å². The smallest absolute Gasteiger partial charge is 0.0701 e. The van der Waals surface area contributed by atoms with Crippen LogP contribution in [0.2, 0.25) is 0 Å². The van der Waals surface area contributed by atoms with E-state index in [1.54, 1.807) is 11.3 Å². The van der Waals surface area contributed by atoms with Crippen molar-refractivity contribution >= 4 is 27.3 Å². The zero-order valence-electron chi connectivity index (χ0n) is 5.15. The Balaban J connectivity index is 2.61. The Morgan fingerprint density at radius 3 is 3.00 bits per heavy atom. The molecule has 0 bridgehead atoms. The first-order chi connectivity index (χ1) is 4.33. The van der Waals surface area contributed by atoms with E-state index in [2.05, 4.69) is 32.7 Å². The number of hydrogen-bond acceptors (Lipinski definition) is 2. The zero-order chi connectivity index (χ0) is 6.69. The van der Waals surface area contributed by atoms with Crippen molar-refractivity contribution in [2.24, 2.45) is 0 Å². The average Bonchev–Trinajstić information content (AvgIpc) is 2.17. The Morgan fingerprint density at radius 2 is 2.56 bits per heavy atom. The van der Waals surface area contributed by atoms with Gasteiger partial charge < -0.3 is 5.32 Å². The van der Waals surface area contributed by atoms with Gasteiger partial charge >= 0.3 is 0 Å². The summed E-state index contributed by atoms with van der Waals surface area (Å²) in [5.74, 6) is 0. The van der Waals surface area contributed by atoms with Gasteiger partial charge in [0, 0.05) is 6.54 Å². The first kappa shape index (κ1) is 7.25. The topological polar surface area (TPSA) is 12.0 Å². The van der Waals surface area contributed by atoms with Crippen molar-refractivity contribution in [3.63, 3.8) is 0 Å². The van der Waals surface area contributed by atoms with E-state index in [4.69, 9.17) is 0 Å². The van der Waals surface area contributed by atoms with Gasteiger partial charge in [-0.3, -0.25) is 0 Å². The third-order valence-electron chi connectivity index (χ3n) is 1.00. The Morgan fingerprint density at radius 1 is 1.78 bits per heavy atom. The third-order valence-corrected chi connectivity index (χ3v) is 2.56. The van der Waals surface area contributed by atoms with E-state index in [0.29, 0.717) is 0 Å². The Labute approximate surface area is 67.2 Å². The second-order valence-electron chi connectivity index (χ2n) is 1.79. The molecule has 1 aromatic rings. The first-order valence-corrected chi connectivity index (χ1v) is 4.37. The van der Waals surface area contributed by atoms with Crippen LogP contribution >= 0.6 is 27.3 Å². The fourth-order valence-corrected chi connectivity index (χ4v) is 1.85. The molecule has 1 N–H and O–H groups in total. The molecule has 0 aliphatic carbocycles. The van der Waals surface area contributed by atoms with Crippen LogP contribution in [0.4, 0.5) is 0 Å². The van der Waals surface area contributed by atoms with E-state index < -0.39 is 0 Å². The van der Waals surface area contributed by atoms with Crippen LogP contribution < -0.4 is 5.32 Å². The molecule has 0 amide bonds. The minimum absolute atomic E-state index is 0.960. The van der Waals surface area contributed by atoms with Crippen molar-refractivity contribution in [3.8, 4) is 0 Å². The van der Waals surface area contributed by atoms with Crippen molar-refractivity contribution in [1.82, 2.24) is 5.32 Å². The molecule has 0 fully saturated rings. The van der Waals surface area contributed by atoms with Crippen molar-refractivity contribution in [2.75, 3.05) is 7.05 Å². The third kappa shape index (κ3) is 2.08. The van der Waals surface area contributed by atoms with Crippen LogP contribution in [0.1, 0.15) is 5.56 Å². The number of hydrogen-bond donors (Lipinski definition) is 1. The molecular formula is C6H8BrNS. The Bertz CT molecular complexity index is 185. The number of nitrogens with one attached hydrogen (secondary N) is 1. The molecule has 1 rings (SSSR count). The van der Waals surface area contributed by atoms with Crippen molar-refractivity contribution in [1.29, 1.82) is 0 Å². The zero-order valence-corrected chi connectivity index (χ0v) is 7.55. The average molecular weight is 206 g/mol. The van der Waals surface area contributed by atoms with Gasteiger partial charge in [-0.2, -0.15) is 0 Å². The minimum atomic E-state index is 0.960. The molecule has 50 valence electrons. The van der Waals surface area contributed by atoms with Crippen LogP contribution in [0.15, 0.2) is 15.2 Å². The lowest BCUT2D eigenvalue weighted by atomic mass is 10.3. The summed E-state index contributed by atoms with van der Waals surface area (Å²) in [4.78, 5) is 0. The monoisotopic (exact) mass is 205 g/mol. The van der Waals surface area contributed by atoms with Crippen LogP contribution in [0.3, 0.4) is 0 Å². The van der Waals surface area contributed by atoms with Gasteiger partial charge in [-0.05, 0) is 40.0 Å². The molecule has 0 spiro atoms. The van der Waals surface area contributed by atoms with Gasteiger partial charge in [0.15, 0.2) is 0 Å². The van der Waals surface area contributed by atoms with E-state index in [1.807, 2.05) is 7.05 Å². The molecule has 0 saturated carbocycles. The quantitative estimate of drug-likeness (QED) is 0.782. The molecule has 1 heterocycles. The molecule has 9 heavy (non-hydrogen) atoms. The minimum Gasteiger partial charge on any atom is -0.316 e. The molecule has 3 heteroatoms. The molecule has 0 aliphatic rings. The molecular weight excluding hydrogens is 198 g/mol. The van der Waals surface area contributed by atoms with Crippen LogP contribution in [-0.2, 0) is 6.54 Å². The highest BCUT2D eigenvalue weighted by Gasteiger charge is 1.92. The number of rotatable bonds is 2. The van der Waals surface area contributed by atoms with Gasteiger partial charge in [-0.15, -0.1) is 11.3 Å². The molecule has 0 atom stereocenters. The molecule has 0 radical (unpaired) electrons. The molecule has 0 unspecified atom stereocenters. The molecule has 0 aromatic carbocycles. The summed E-state index contributed by atoms with van der Waals surface area (Å²) in [5, 5.41) is 5.22.